The molecule has 3 aliphatic heterocycles. The van der Waals surface area contributed by atoms with Gasteiger partial charge in [-0.25, -0.2) is 52.9 Å². The van der Waals surface area contributed by atoms with E-state index >= 15 is 0 Å². The van der Waals surface area contributed by atoms with E-state index in [0.29, 0.717) is 80.9 Å². The average molecular weight is 1970 g/mol. The number of esters is 1. The number of ketones is 6. The van der Waals surface area contributed by atoms with Gasteiger partial charge in [-0.3, -0.25) is 67.1 Å². The molecule has 0 aliphatic carbocycles. The molecular formula is C94H99Br3F3N17O13. The highest BCUT2D eigenvalue weighted by Crippen LogP contribution is 2.36. The molecule has 30 nitrogen and oxygen atoms in total. The summed E-state index contributed by atoms with van der Waals surface area (Å²) in [5.74, 6) is -1.61. The Hall–Kier alpha value is -12.3. The van der Waals surface area contributed by atoms with E-state index in [1.165, 1.54) is 44.6 Å². The molecule has 3 aromatic carbocycles. The second kappa shape index (κ2) is 42.5. The first-order valence-electron chi connectivity index (χ1n) is 41.7. The molecule has 680 valence electrons. The number of carboxylic acids is 1. The summed E-state index contributed by atoms with van der Waals surface area (Å²) in [5, 5.41) is 26.9. The molecule has 9 aromatic heterocycles. The number of nitrogens with zero attached hydrogens (tertiary/aromatic N) is 16. The molecule has 0 saturated carbocycles. The molecule has 2 N–H and O–H groups in total. The molecule has 0 radical (unpaired) electrons. The van der Waals surface area contributed by atoms with Crippen molar-refractivity contribution in [2.75, 3.05) is 19.6 Å². The molecule has 130 heavy (non-hydrogen) atoms. The largest absolute Gasteiger partial charge is 0.480 e. The van der Waals surface area contributed by atoms with Gasteiger partial charge < -0.3 is 24.8 Å². The van der Waals surface area contributed by atoms with Crippen LogP contribution in [0.15, 0.2) is 148 Å². The SMILES string of the molecule is CC(=O)c1nn(CC(=O)N2C[C@H](F)C[C@H]2C(=O)Cc2cccc(Br)n2)c2cc(C)c(-c3cnc(C)nc3)cc12.CC(=O)c1nn(CC(=O)O)c2cc(C)c(-c3ccc(C)nc3)cc12.CC(=O)c1nn(CC(=O)OC(C)(C)C)c2cc(C)c(-c3cnc(C)nc3)cc12.CC(C)(C)OC(=O)N1C[C@H](F)C[C@H]1C(=O)Cc1cccc(Br)n1.O=C(Cc1cccc(Br)n1)[C@@H]1C[C@@H](F)CN1. The van der Waals surface area contributed by atoms with Gasteiger partial charge in [-0.05, 0) is 243 Å². The van der Waals surface area contributed by atoms with Crippen LogP contribution in [0.5, 0.6) is 0 Å². The molecule has 0 bridgehead atoms. The van der Waals surface area contributed by atoms with Crippen molar-refractivity contribution in [2.45, 2.75) is 210 Å². The molecule has 12 heterocycles. The summed E-state index contributed by atoms with van der Waals surface area (Å²) in [6.07, 6.45) is 5.21. The van der Waals surface area contributed by atoms with Gasteiger partial charge in [-0.2, -0.15) is 15.3 Å². The first kappa shape index (κ1) is 98.3. The fourth-order valence-corrected chi connectivity index (χ4v) is 16.2. The zero-order valence-corrected chi connectivity index (χ0v) is 79.2. The minimum absolute atomic E-state index is 0.00532. The molecule has 12 aromatic rings. The Bertz CT molecular complexity index is 6300. The van der Waals surface area contributed by atoms with Crippen molar-refractivity contribution in [1.82, 2.24) is 84.3 Å². The Kier molecular flexibility index (Phi) is 32.2. The molecule has 6 atom stereocenters. The van der Waals surface area contributed by atoms with E-state index in [4.69, 9.17) is 14.6 Å². The fourth-order valence-electron chi connectivity index (χ4n) is 15.0. The van der Waals surface area contributed by atoms with E-state index in [0.717, 1.165) is 55.8 Å². The molecule has 36 heteroatoms. The number of aromatic nitrogens is 14. The van der Waals surface area contributed by atoms with Crippen molar-refractivity contribution < 1.29 is 75.7 Å². The summed E-state index contributed by atoms with van der Waals surface area (Å²) < 4.78 is 58.1. The molecule has 3 fully saturated rings. The second-order valence-electron chi connectivity index (χ2n) is 33.9. The van der Waals surface area contributed by atoms with Gasteiger partial charge in [-0.15, -0.1) is 0 Å². The quantitative estimate of drug-likeness (QED) is 0.0383. The topological polar surface area (TPSA) is 384 Å². The number of rotatable bonds is 21. The van der Waals surface area contributed by atoms with Crippen LogP contribution >= 0.6 is 47.8 Å². The highest BCUT2D eigenvalue weighted by atomic mass is 79.9. The van der Waals surface area contributed by atoms with Crippen LogP contribution in [-0.2, 0) is 77.1 Å². The minimum Gasteiger partial charge on any atom is -0.480 e. The lowest BCUT2D eigenvalue weighted by Gasteiger charge is -2.27. The number of pyridine rings is 4. The summed E-state index contributed by atoms with van der Waals surface area (Å²) in [7, 11) is 0. The van der Waals surface area contributed by atoms with E-state index in [9.17, 15) is 61.1 Å². The number of halogens is 6. The summed E-state index contributed by atoms with van der Waals surface area (Å²) in [6, 6.07) is 29.1. The lowest BCUT2D eigenvalue weighted by atomic mass is 9.98. The molecule has 0 unspecified atom stereocenters. The lowest BCUT2D eigenvalue weighted by molar-refractivity contribution is -0.155. The standard InChI is InChI=1S/C28H26BrFN6O3.C21H24N4O3.C18H17N3O3.C16H20BrFN2O3.C11H12BrFN2O/c1-15-7-23-22(10-21(15)18-11-31-17(3)32-12-18)28(16(2)37)34-36(23)14-27(39)35-13-19(30)8-24(35)25(38)9-20-5-4-6-26(29)33-20;1-12-7-18-17(8-16(12)15-9-22-14(3)23-10-15)20(13(2)26)24-25(18)11-19(27)28-21(4,5)6;1-10-6-16-15(7-14(10)13-5-4-11(2)19-8-13)18(12(3)22)20-21(16)9-17(23)24;1-16(2,3)23-15(22)20-9-10(18)7-12(20)13(21)8-11-5-4-6-14(17)19-11;12-11-3-1-2-8(15-11)5-10(16)9-4-7(13)6-14-9/h4-7,10-12,19,24H,8-9,13-14H2,1-3H3;7-10H,11H2,1-6H3;4-8H,9H2,1-3H3,(H,23,24);4-6,10,12H,7-9H2,1-3H3;1-3,7,9,14H,4-6H2/t19-,24+;;;10-,12+;7-,9+/m1..11/s1. The predicted molar refractivity (Wildman–Crippen MR) is 491 cm³/mol. The van der Waals surface area contributed by atoms with Crippen molar-refractivity contribution in [1.29, 1.82) is 0 Å². The van der Waals surface area contributed by atoms with Crippen molar-refractivity contribution in [3.05, 3.63) is 216 Å². The van der Waals surface area contributed by atoms with Crippen molar-refractivity contribution in [2.24, 2.45) is 0 Å². The van der Waals surface area contributed by atoms with Crippen LogP contribution in [0.25, 0.3) is 66.1 Å². The number of fused-ring (bicyclic) bond motifs is 3. The Morgan fingerprint density at radius 2 is 0.831 bits per heavy atom. The maximum Gasteiger partial charge on any atom is 0.411 e. The highest BCUT2D eigenvalue weighted by molar-refractivity contribution is 9.11. The Morgan fingerprint density at radius 1 is 0.454 bits per heavy atom. The average Bonchev–Trinajstić information content (AvgIpc) is 1.68. The molecule has 3 saturated heterocycles. The zero-order chi connectivity index (χ0) is 94.7. The van der Waals surface area contributed by atoms with Crippen LogP contribution in [0.3, 0.4) is 0 Å². The van der Waals surface area contributed by atoms with Crippen LogP contribution in [0.4, 0.5) is 18.0 Å². The lowest BCUT2D eigenvalue weighted by Crippen LogP contribution is -2.44. The Morgan fingerprint density at radius 3 is 1.20 bits per heavy atom. The number of Topliss-reactive ketones (excluding diaryl/α,β-unsaturated/α-hetero) is 6. The molecule has 2 amide bonds. The monoisotopic (exact) mass is 1970 g/mol. The van der Waals surface area contributed by atoms with Gasteiger partial charge in [0.15, 0.2) is 34.7 Å². The number of nitrogens with one attached hydrogen (secondary N) is 1. The van der Waals surface area contributed by atoms with E-state index in [1.54, 1.807) is 107 Å². The van der Waals surface area contributed by atoms with E-state index in [2.05, 4.69) is 108 Å². The number of amides is 2. The first-order valence-corrected chi connectivity index (χ1v) is 44.1. The maximum atomic E-state index is 14.5. The van der Waals surface area contributed by atoms with Crippen LogP contribution in [0.2, 0.25) is 0 Å². The Balaban J connectivity index is 0.000000162. The molecule has 0 spiro atoms. The fraction of sp³-hybridized carbons (Fsp3) is 0.372. The number of carbonyl (C=O) groups is 10. The Labute approximate surface area is 773 Å². The van der Waals surface area contributed by atoms with Crippen LogP contribution in [0.1, 0.15) is 164 Å². The summed E-state index contributed by atoms with van der Waals surface area (Å²) in [5.41, 5.74) is 12.4. The molecule has 3 aliphatic rings. The van der Waals surface area contributed by atoms with E-state index in [-0.39, 0.29) is 130 Å². The maximum absolute atomic E-state index is 14.5. The number of aliphatic carboxylic acids is 1. The third-order valence-corrected chi connectivity index (χ3v) is 22.3. The normalized spacial score (nSPS) is 16.5. The van der Waals surface area contributed by atoms with Gasteiger partial charge in [0.05, 0.1) is 67.0 Å². The summed E-state index contributed by atoms with van der Waals surface area (Å²) >= 11 is 9.78. The summed E-state index contributed by atoms with van der Waals surface area (Å²) in [6.45, 7) is 25.7. The van der Waals surface area contributed by atoms with Crippen LogP contribution in [0, 0.1) is 41.5 Å². The summed E-state index contributed by atoms with van der Waals surface area (Å²) in [4.78, 5) is 159. The van der Waals surface area contributed by atoms with Gasteiger partial charge in [0.2, 0.25) is 5.91 Å². The third kappa shape index (κ3) is 25.9. The second-order valence-corrected chi connectivity index (χ2v) is 36.3. The number of likely N-dealkylation sites (tertiary alicyclic amines) is 2. The smallest absolute Gasteiger partial charge is 0.411 e. The number of hydrogen-bond acceptors (Lipinski definition) is 24. The molecule has 15 rings (SSSR count). The van der Waals surface area contributed by atoms with Crippen molar-refractivity contribution in [3.8, 4) is 33.4 Å². The number of ether oxygens (including phenoxy) is 2. The predicted octanol–water partition coefficient (Wildman–Crippen LogP) is 15.8. The third-order valence-electron chi connectivity index (χ3n) is 21.0. The number of alkyl halides is 3. The van der Waals surface area contributed by atoms with Gasteiger partial charge >= 0.3 is 18.0 Å². The minimum atomic E-state index is -1.30. The number of benzene rings is 3. The first-order chi connectivity index (χ1) is 61.3. The number of carbonyl (C=O) groups excluding carboxylic acids is 9. The number of carboxylic acid groups (broad SMARTS) is 1. The highest BCUT2D eigenvalue weighted by Gasteiger charge is 2.43. The van der Waals surface area contributed by atoms with Gasteiger partial charge in [0, 0.05) is 133 Å². The van der Waals surface area contributed by atoms with Crippen LogP contribution < -0.4 is 5.32 Å². The molecular weight excluding hydrogens is 1870 g/mol. The van der Waals surface area contributed by atoms with Gasteiger partial charge in [0.1, 0.15) is 91.9 Å². The van der Waals surface area contributed by atoms with Gasteiger partial charge in [-0.1, -0.05) is 24.3 Å². The zero-order valence-electron chi connectivity index (χ0n) is 74.4. The van der Waals surface area contributed by atoms with Crippen molar-refractivity contribution >= 4 is 139 Å². The van der Waals surface area contributed by atoms with Crippen LogP contribution in [-0.4, -0.2) is 210 Å². The number of aryl methyl sites for hydroxylation is 6. The number of hydrogen-bond donors (Lipinski definition) is 2. The van der Waals surface area contributed by atoms with E-state index in [1.807, 2.05) is 110 Å². The van der Waals surface area contributed by atoms with Crippen molar-refractivity contribution in [3.63, 3.8) is 0 Å². The van der Waals surface area contributed by atoms with Gasteiger partial charge in [0.25, 0.3) is 0 Å². The van der Waals surface area contributed by atoms with E-state index < -0.39 is 65.7 Å².